The summed E-state index contributed by atoms with van der Waals surface area (Å²) < 4.78 is 26.3. The van der Waals surface area contributed by atoms with E-state index < -0.39 is 5.82 Å². The van der Waals surface area contributed by atoms with Crippen LogP contribution in [-0.4, -0.2) is 5.88 Å². The summed E-state index contributed by atoms with van der Waals surface area (Å²) in [5.41, 5.74) is 1.88. The molecular formula is C16H14Cl2F2. The molecule has 0 fully saturated rings. The monoisotopic (exact) mass is 314 g/mol. The minimum absolute atomic E-state index is 0.120. The topological polar surface area (TPSA) is 0 Å². The second-order valence-corrected chi connectivity index (χ2v) is 5.52. The molecule has 2 rings (SSSR count). The first-order valence-electron chi connectivity index (χ1n) is 6.33. The van der Waals surface area contributed by atoms with Crippen molar-refractivity contribution in [1.29, 1.82) is 0 Å². The van der Waals surface area contributed by atoms with E-state index in [4.69, 9.17) is 23.2 Å². The summed E-state index contributed by atoms with van der Waals surface area (Å²) in [4.78, 5) is 0. The lowest BCUT2D eigenvalue weighted by Crippen LogP contribution is -2.10. The van der Waals surface area contributed by atoms with Gasteiger partial charge in [0.1, 0.15) is 11.6 Å². The number of rotatable bonds is 5. The Morgan fingerprint density at radius 3 is 2.10 bits per heavy atom. The molecule has 4 heteroatoms. The van der Waals surface area contributed by atoms with E-state index in [9.17, 15) is 8.78 Å². The van der Waals surface area contributed by atoms with Gasteiger partial charge in [0.25, 0.3) is 0 Å². The highest BCUT2D eigenvalue weighted by atomic mass is 35.5. The molecule has 0 aliphatic carbocycles. The van der Waals surface area contributed by atoms with Gasteiger partial charge in [-0.15, -0.1) is 11.6 Å². The molecule has 1 unspecified atom stereocenters. The molecule has 0 bridgehead atoms. The van der Waals surface area contributed by atoms with E-state index in [-0.39, 0.29) is 16.8 Å². The maximum Gasteiger partial charge on any atom is 0.142 e. The van der Waals surface area contributed by atoms with Crippen LogP contribution in [0.1, 0.15) is 11.1 Å². The van der Waals surface area contributed by atoms with Gasteiger partial charge in [-0.3, -0.25) is 0 Å². The zero-order valence-corrected chi connectivity index (χ0v) is 12.3. The lowest BCUT2D eigenvalue weighted by molar-refractivity contribution is 0.574. The highest BCUT2D eigenvalue weighted by molar-refractivity contribution is 6.30. The SMILES string of the molecule is Fc1ccc(CC(CCl)Cc2ccc(Cl)c(F)c2)cc1. The second kappa shape index (κ2) is 7.05. The van der Waals surface area contributed by atoms with Gasteiger partial charge < -0.3 is 0 Å². The molecule has 0 saturated carbocycles. The molecule has 0 amide bonds. The van der Waals surface area contributed by atoms with E-state index in [0.29, 0.717) is 12.3 Å². The highest BCUT2D eigenvalue weighted by Crippen LogP contribution is 2.20. The third kappa shape index (κ3) is 4.19. The van der Waals surface area contributed by atoms with Gasteiger partial charge >= 0.3 is 0 Å². The third-order valence-electron chi connectivity index (χ3n) is 3.16. The Kier molecular flexibility index (Phi) is 5.38. The molecule has 0 saturated heterocycles. The molecule has 0 radical (unpaired) electrons. The lowest BCUT2D eigenvalue weighted by atomic mass is 9.94. The Labute approximate surface area is 127 Å². The summed E-state index contributed by atoms with van der Waals surface area (Å²) in [6.45, 7) is 0. The van der Waals surface area contributed by atoms with Crippen molar-refractivity contribution in [2.45, 2.75) is 12.8 Å². The van der Waals surface area contributed by atoms with Crippen molar-refractivity contribution in [1.82, 2.24) is 0 Å². The molecule has 20 heavy (non-hydrogen) atoms. The van der Waals surface area contributed by atoms with Gasteiger partial charge in [-0.1, -0.05) is 29.8 Å². The second-order valence-electron chi connectivity index (χ2n) is 4.80. The smallest absolute Gasteiger partial charge is 0.142 e. The molecule has 0 N–H and O–H groups in total. The summed E-state index contributed by atoms with van der Waals surface area (Å²) in [5, 5.41) is 0.120. The summed E-state index contributed by atoms with van der Waals surface area (Å²) in [6, 6.07) is 11.2. The maximum absolute atomic E-state index is 13.4. The molecule has 1 atom stereocenters. The number of halogens is 4. The fourth-order valence-corrected chi connectivity index (χ4v) is 2.47. The summed E-state index contributed by atoms with van der Waals surface area (Å²) in [7, 11) is 0. The first-order chi connectivity index (χ1) is 9.58. The van der Waals surface area contributed by atoms with Crippen LogP contribution < -0.4 is 0 Å². The highest BCUT2D eigenvalue weighted by Gasteiger charge is 2.11. The van der Waals surface area contributed by atoms with Crippen LogP contribution in [0.2, 0.25) is 5.02 Å². The summed E-state index contributed by atoms with van der Waals surface area (Å²) in [6.07, 6.45) is 1.39. The van der Waals surface area contributed by atoms with Crippen molar-refractivity contribution < 1.29 is 8.78 Å². The normalized spacial score (nSPS) is 12.4. The van der Waals surface area contributed by atoms with Gasteiger partial charge in [0.15, 0.2) is 0 Å². The van der Waals surface area contributed by atoms with Crippen LogP contribution in [0.3, 0.4) is 0 Å². The van der Waals surface area contributed by atoms with Gasteiger partial charge in [0.2, 0.25) is 0 Å². The maximum atomic E-state index is 13.4. The summed E-state index contributed by atoms with van der Waals surface area (Å²) in [5.74, 6) is -0.0420. The van der Waals surface area contributed by atoms with Crippen LogP contribution in [0.4, 0.5) is 8.78 Å². The molecule has 0 spiro atoms. The number of alkyl halides is 1. The molecule has 2 aromatic carbocycles. The third-order valence-corrected chi connectivity index (χ3v) is 3.91. The van der Waals surface area contributed by atoms with Crippen LogP contribution in [0.15, 0.2) is 42.5 Å². The van der Waals surface area contributed by atoms with Gasteiger partial charge in [-0.05, 0) is 54.2 Å². The predicted octanol–water partition coefficient (Wildman–Crippen LogP) is 5.26. The largest absolute Gasteiger partial charge is 0.207 e. The molecule has 2 aromatic rings. The molecular weight excluding hydrogens is 301 g/mol. The van der Waals surface area contributed by atoms with Gasteiger partial charge in [-0.25, -0.2) is 8.78 Å². The zero-order valence-electron chi connectivity index (χ0n) is 10.8. The van der Waals surface area contributed by atoms with Crippen molar-refractivity contribution in [2.24, 2.45) is 5.92 Å². The fraction of sp³-hybridized carbons (Fsp3) is 0.250. The van der Waals surface area contributed by atoms with E-state index in [2.05, 4.69) is 0 Å². The van der Waals surface area contributed by atoms with Crippen molar-refractivity contribution >= 4 is 23.2 Å². The average Bonchev–Trinajstić information content (AvgIpc) is 2.44. The van der Waals surface area contributed by atoms with E-state index >= 15 is 0 Å². The van der Waals surface area contributed by atoms with Crippen LogP contribution in [0, 0.1) is 17.6 Å². The first kappa shape index (κ1) is 15.3. The van der Waals surface area contributed by atoms with Gasteiger partial charge in [0.05, 0.1) is 5.02 Å². The van der Waals surface area contributed by atoms with E-state index in [0.717, 1.165) is 17.5 Å². The van der Waals surface area contributed by atoms with Crippen LogP contribution in [-0.2, 0) is 12.8 Å². The van der Waals surface area contributed by atoms with Gasteiger partial charge in [0, 0.05) is 5.88 Å². The Balaban J connectivity index is 2.04. The molecule has 0 nitrogen and oxygen atoms in total. The molecule has 106 valence electrons. The van der Waals surface area contributed by atoms with Crippen LogP contribution in [0.5, 0.6) is 0 Å². The number of benzene rings is 2. The number of hydrogen-bond donors (Lipinski definition) is 0. The average molecular weight is 315 g/mol. The minimum atomic E-state index is -0.417. The van der Waals surface area contributed by atoms with E-state index in [1.807, 2.05) is 0 Å². The number of hydrogen-bond acceptors (Lipinski definition) is 0. The minimum Gasteiger partial charge on any atom is -0.207 e. The molecule has 0 heterocycles. The van der Waals surface area contributed by atoms with Crippen molar-refractivity contribution in [3.05, 3.63) is 70.2 Å². The Bertz CT molecular complexity index is 567. The Hall–Kier alpha value is -1.12. The van der Waals surface area contributed by atoms with Crippen molar-refractivity contribution in [2.75, 3.05) is 5.88 Å². The van der Waals surface area contributed by atoms with E-state index in [1.165, 1.54) is 18.2 Å². The molecule has 0 aliphatic rings. The fourth-order valence-electron chi connectivity index (χ4n) is 2.14. The predicted molar refractivity (Wildman–Crippen MR) is 79.4 cm³/mol. The first-order valence-corrected chi connectivity index (χ1v) is 7.24. The van der Waals surface area contributed by atoms with E-state index in [1.54, 1.807) is 24.3 Å². The Morgan fingerprint density at radius 1 is 0.900 bits per heavy atom. The molecule has 0 aromatic heterocycles. The van der Waals surface area contributed by atoms with Crippen LogP contribution in [0.25, 0.3) is 0 Å². The lowest BCUT2D eigenvalue weighted by Gasteiger charge is -2.14. The van der Waals surface area contributed by atoms with Crippen LogP contribution >= 0.6 is 23.2 Å². The van der Waals surface area contributed by atoms with Crippen molar-refractivity contribution in [3.8, 4) is 0 Å². The van der Waals surface area contributed by atoms with Gasteiger partial charge in [-0.2, -0.15) is 0 Å². The van der Waals surface area contributed by atoms with Crippen molar-refractivity contribution in [3.63, 3.8) is 0 Å². The summed E-state index contributed by atoms with van der Waals surface area (Å²) >= 11 is 11.6. The molecule has 0 aliphatic heterocycles. The Morgan fingerprint density at radius 2 is 1.50 bits per heavy atom. The zero-order chi connectivity index (χ0) is 14.5. The quantitative estimate of drug-likeness (QED) is 0.660. The standard InChI is InChI=1S/C16H14Cl2F2/c17-10-13(7-11-1-4-14(19)5-2-11)8-12-3-6-15(18)16(20)9-12/h1-6,9,13H,7-8,10H2.